The van der Waals surface area contributed by atoms with Crippen LogP contribution < -0.4 is 48.7 Å². The van der Waals surface area contributed by atoms with E-state index in [2.05, 4.69) is 37.2 Å². The zero-order valence-corrected chi connectivity index (χ0v) is 38.1. The van der Waals surface area contributed by atoms with Gasteiger partial charge in [-0.05, 0) is 88.7 Å². The van der Waals surface area contributed by atoms with Crippen LogP contribution in [0.3, 0.4) is 0 Å². The zero-order valence-electron chi connectivity index (χ0n) is 37.2. The van der Waals surface area contributed by atoms with Crippen LogP contribution in [0, 0.1) is 17.8 Å². The third kappa shape index (κ3) is 25.4. The van der Waals surface area contributed by atoms with Crippen molar-refractivity contribution in [2.24, 2.45) is 29.2 Å². The van der Waals surface area contributed by atoms with E-state index < -0.39 is 115 Å². The molecule has 15 N–H and O–H groups in total. The van der Waals surface area contributed by atoms with Crippen LogP contribution >= 0.6 is 11.8 Å². The number of carboxylic acids is 1. The second kappa shape index (κ2) is 32.6. The average molecular weight is 894 g/mol. The highest BCUT2D eigenvalue weighted by Crippen LogP contribution is 2.11. The van der Waals surface area contributed by atoms with Crippen molar-refractivity contribution in [2.45, 2.75) is 142 Å². The fourth-order valence-electron chi connectivity index (χ4n) is 5.53. The standard InChI is InChI=1S/C37H69N9O11S.C2H6O/c1-19(2)15-26(43-31(50)23(39)18-47)34(53)41-24(11-9-10-13-38)33(52)44-27(16-20(3)4)35(54)42-25(12-14-58-8)32(51)40-17-28(49)45-30(22(7)48)36(55)46-29(21(5)6)37(56)57;1-2-3/h19-27,29-30,47-48H,9-18,38-39H2,1-8H3,(H,40,51)(H,41,53)(H,42,54)(H,43,50)(H,44,52)(H,45,49)(H,46,55)(H,56,57);3H,2H2,1H3/t22-,23+,24+,25+,26+,27+,29+,30+;/m1./s1. The predicted molar refractivity (Wildman–Crippen MR) is 231 cm³/mol. The van der Waals surface area contributed by atoms with E-state index in [1.807, 2.05) is 27.7 Å². The molecule has 0 bridgehead atoms. The summed E-state index contributed by atoms with van der Waals surface area (Å²) in [7, 11) is 0. The number of nitrogens with two attached hydrogens (primary N) is 2. The van der Waals surface area contributed by atoms with Gasteiger partial charge in [0.2, 0.25) is 41.4 Å². The van der Waals surface area contributed by atoms with Crippen LogP contribution in [-0.2, 0) is 38.4 Å². The van der Waals surface area contributed by atoms with Crippen LogP contribution in [-0.4, -0.2) is 154 Å². The van der Waals surface area contributed by atoms with Gasteiger partial charge < -0.3 is 69.1 Å². The number of unbranched alkanes of at least 4 members (excludes halogenated alkanes) is 1. The lowest BCUT2D eigenvalue weighted by Gasteiger charge is -2.28. The maximum Gasteiger partial charge on any atom is 0.326 e. The summed E-state index contributed by atoms with van der Waals surface area (Å²) in [5, 5.41) is 54.0. The molecule has 0 radical (unpaired) electrons. The van der Waals surface area contributed by atoms with Gasteiger partial charge in [-0.3, -0.25) is 33.6 Å². The number of thioether (sulfide) groups is 1. The Bertz CT molecular complexity index is 1370. The molecular formula is C39H75N9O12S. The lowest BCUT2D eigenvalue weighted by Crippen LogP contribution is -2.60. The molecule has 0 aromatic rings. The van der Waals surface area contributed by atoms with Crippen molar-refractivity contribution >= 4 is 59.1 Å². The molecule has 0 saturated heterocycles. The number of carboxylic acid groups (broad SMARTS) is 1. The molecular weight excluding hydrogens is 819 g/mol. The minimum Gasteiger partial charge on any atom is -0.480 e. The topological polar surface area (TPSA) is 354 Å². The molecule has 0 rings (SSSR count). The first-order valence-electron chi connectivity index (χ1n) is 20.7. The molecule has 7 amide bonds. The van der Waals surface area contributed by atoms with E-state index in [0.29, 0.717) is 25.1 Å². The molecule has 61 heavy (non-hydrogen) atoms. The monoisotopic (exact) mass is 894 g/mol. The van der Waals surface area contributed by atoms with E-state index >= 15 is 0 Å². The molecule has 8 atom stereocenters. The summed E-state index contributed by atoms with van der Waals surface area (Å²) in [4.78, 5) is 104. The number of carbonyl (C=O) groups excluding carboxylic acids is 7. The van der Waals surface area contributed by atoms with E-state index in [0.717, 1.165) is 0 Å². The van der Waals surface area contributed by atoms with Gasteiger partial charge >= 0.3 is 5.97 Å². The number of hydrogen-bond donors (Lipinski definition) is 13. The lowest BCUT2D eigenvalue weighted by atomic mass is 10.00. The second-order valence-electron chi connectivity index (χ2n) is 15.7. The number of rotatable bonds is 29. The van der Waals surface area contributed by atoms with Gasteiger partial charge in [-0.2, -0.15) is 11.8 Å². The Morgan fingerprint density at radius 2 is 1.08 bits per heavy atom. The molecule has 0 aromatic heterocycles. The zero-order chi connectivity index (χ0) is 47.4. The summed E-state index contributed by atoms with van der Waals surface area (Å²) < 4.78 is 0. The van der Waals surface area contributed by atoms with Crippen LogP contribution in [0.25, 0.3) is 0 Å². The van der Waals surface area contributed by atoms with Crippen LogP contribution in [0.5, 0.6) is 0 Å². The van der Waals surface area contributed by atoms with Gasteiger partial charge in [-0.15, -0.1) is 0 Å². The maximum atomic E-state index is 13.8. The first-order valence-corrected chi connectivity index (χ1v) is 22.1. The molecule has 0 aliphatic carbocycles. The van der Waals surface area contributed by atoms with Crippen molar-refractivity contribution in [1.82, 2.24) is 37.2 Å². The van der Waals surface area contributed by atoms with Gasteiger partial charge in [0, 0.05) is 6.61 Å². The molecule has 0 aromatic carbocycles. The number of amides is 7. The molecule has 354 valence electrons. The van der Waals surface area contributed by atoms with E-state index in [4.69, 9.17) is 16.6 Å². The molecule has 0 saturated carbocycles. The van der Waals surface area contributed by atoms with Gasteiger partial charge in [-0.1, -0.05) is 41.5 Å². The Labute approximate surface area is 364 Å². The Morgan fingerprint density at radius 1 is 0.623 bits per heavy atom. The van der Waals surface area contributed by atoms with E-state index in [1.165, 1.54) is 18.7 Å². The van der Waals surface area contributed by atoms with Crippen molar-refractivity contribution < 1.29 is 58.8 Å². The summed E-state index contributed by atoms with van der Waals surface area (Å²) in [5.74, 6) is -6.90. The highest BCUT2D eigenvalue weighted by atomic mass is 32.2. The summed E-state index contributed by atoms with van der Waals surface area (Å²) in [6.45, 7) is 12.7. The Hall–Kier alpha value is -4.09. The third-order valence-electron chi connectivity index (χ3n) is 8.77. The molecule has 21 nitrogen and oxygen atoms in total. The molecule has 0 unspecified atom stereocenters. The maximum absolute atomic E-state index is 13.8. The Balaban J connectivity index is 0. The molecule has 0 aliphatic rings. The first-order chi connectivity index (χ1) is 28.5. The van der Waals surface area contributed by atoms with Gasteiger partial charge in [0.25, 0.3) is 0 Å². The summed E-state index contributed by atoms with van der Waals surface area (Å²) in [5.41, 5.74) is 11.3. The second-order valence-corrected chi connectivity index (χ2v) is 16.7. The number of carbonyl (C=O) groups is 8. The highest BCUT2D eigenvalue weighted by molar-refractivity contribution is 7.98. The van der Waals surface area contributed by atoms with Gasteiger partial charge in [0.1, 0.15) is 42.3 Å². The number of hydrogen-bond acceptors (Lipinski definition) is 14. The number of aliphatic carboxylic acids is 1. The third-order valence-corrected chi connectivity index (χ3v) is 9.42. The van der Waals surface area contributed by atoms with Crippen molar-refractivity contribution in [3.8, 4) is 0 Å². The van der Waals surface area contributed by atoms with Crippen LogP contribution in [0.15, 0.2) is 0 Å². The molecule has 0 aliphatic heterocycles. The first kappa shape index (κ1) is 59.0. The fraction of sp³-hybridized carbons (Fsp3) is 0.795. The summed E-state index contributed by atoms with van der Waals surface area (Å²) >= 11 is 1.39. The van der Waals surface area contributed by atoms with E-state index in [1.54, 1.807) is 27.0 Å². The predicted octanol–water partition coefficient (Wildman–Crippen LogP) is -2.57. The molecule has 22 heteroatoms. The van der Waals surface area contributed by atoms with Gasteiger partial charge in [-0.25, -0.2) is 4.79 Å². The molecule has 0 fully saturated rings. The Kier molecular flexibility index (Phi) is 31.5. The van der Waals surface area contributed by atoms with Crippen molar-refractivity contribution in [1.29, 1.82) is 0 Å². The van der Waals surface area contributed by atoms with Crippen molar-refractivity contribution in [3.05, 3.63) is 0 Å². The van der Waals surface area contributed by atoms with Crippen LogP contribution in [0.1, 0.15) is 93.9 Å². The number of aliphatic hydroxyl groups is 3. The smallest absolute Gasteiger partial charge is 0.326 e. The largest absolute Gasteiger partial charge is 0.480 e. The van der Waals surface area contributed by atoms with Gasteiger partial charge in [0.15, 0.2) is 0 Å². The summed E-state index contributed by atoms with van der Waals surface area (Å²) in [6.07, 6.45) is 1.98. The van der Waals surface area contributed by atoms with Crippen LogP contribution in [0.2, 0.25) is 0 Å². The lowest BCUT2D eigenvalue weighted by molar-refractivity contribution is -0.144. The normalized spacial score (nSPS) is 15.0. The number of nitrogens with one attached hydrogen (secondary N) is 7. The average Bonchev–Trinajstić information content (AvgIpc) is 3.17. The van der Waals surface area contributed by atoms with E-state index in [-0.39, 0.29) is 44.1 Å². The van der Waals surface area contributed by atoms with Gasteiger partial charge in [0.05, 0.1) is 19.3 Å². The molecule has 0 heterocycles. The van der Waals surface area contributed by atoms with Crippen molar-refractivity contribution in [3.63, 3.8) is 0 Å². The van der Waals surface area contributed by atoms with E-state index in [9.17, 15) is 53.7 Å². The minimum atomic E-state index is -1.54. The fourth-order valence-corrected chi connectivity index (χ4v) is 6.00. The SMILES string of the molecule is CCO.CSCC[C@H](NC(=O)[C@H](CC(C)C)NC(=O)[C@H](CCCCN)NC(=O)[C@H](CC(C)C)NC(=O)[C@@H](N)CO)C(=O)NCC(=O)N[C@H](C(=O)N[C@H](C(=O)O)C(C)C)[C@@H](C)O. The minimum absolute atomic E-state index is 0.0496. The van der Waals surface area contributed by atoms with Crippen LogP contribution in [0.4, 0.5) is 0 Å². The quantitative estimate of drug-likeness (QED) is 0.0343. The van der Waals surface area contributed by atoms with Crippen molar-refractivity contribution in [2.75, 3.05) is 38.3 Å². The molecule has 0 spiro atoms. The highest BCUT2D eigenvalue weighted by Gasteiger charge is 2.34. The Morgan fingerprint density at radius 3 is 1.49 bits per heavy atom. The summed E-state index contributed by atoms with van der Waals surface area (Å²) in [6, 6.07) is -8.61. The number of aliphatic hydroxyl groups excluding tert-OH is 3.